The van der Waals surface area contributed by atoms with Crippen LogP contribution in [0.15, 0.2) is 30.6 Å². The summed E-state index contributed by atoms with van der Waals surface area (Å²) in [5.74, 6) is 1.23. The van der Waals surface area contributed by atoms with Crippen LogP contribution >= 0.6 is 0 Å². The molecule has 1 aliphatic rings. The second kappa shape index (κ2) is 7.85. The molecule has 3 N–H and O–H groups in total. The molecule has 1 fully saturated rings. The van der Waals surface area contributed by atoms with Crippen LogP contribution in [0.2, 0.25) is 0 Å². The number of anilines is 2. The van der Waals surface area contributed by atoms with Crippen LogP contribution in [-0.4, -0.2) is 52.5 Å². The first-order chi connectivity index (χ1) is 11.3. The van der Waals surface area contributed by atoms with Crippen LogP contribution < -0.4 is 10.6 Å². The molecule has 3 rings (SSSR count). The van der Waals surface area contributed by atoms with Gasteiger partial charge in [-0.15, -0.1) is 0 Å². The highest BCUT2D eigenvalue weighted by molar-refractivity contribution is 5.63. The fraction of sp³-hybridized carbons (Fsp3) is 0.438. The minimum Gasteiger partial charge on any atom is -0.395 e. The molecule has 7 heteroatoms. The topological polar surface area (TPSA) is 92.2 Å². The molecule has 2 aromatic rings. The lowest BCUT2D eigenvalue weighted by Gasteiger charge is -2.13. The van der Waals surface area contributed by atoms with Gasteiger partial charge in [-0.1, -0.05) is 0 Å². The van der Waals surface area contributed by atoms with E-state index in [1.165, 1.54) is 0 Å². The molecule has 0 radical (unpaired) electrons. The maximum absolute atomic E-state index is 8.97. The third kappa shape index (κ3) is 4.37. The van der Waals surface area contributed by atoms with Crippen molar-refractivity contribution in [3.05, 3.63) is 30.6 Å². The first-order valence-electron chi connectivity index (χ1n) is 7.85. The number of aromatic nitrogens is 3. The van der Waals surface area contributed by atoms with E-state index >= 15 is 0 Å². The van der Waals surface area contributed by atoms with Gasteiger partial charge in [-0.3, -0.25) is 4.98 Å². The molecule has 0 aromatic carbocycles. The van der Waals surface area contributed by atoms with E-state index in [9.17, 15) is 0 Å². The van der Waals surface area contributed by atoms with Gasteiger partial charge in [-0.2, -0.15) is 4.98 Å². The summed E-state index contributed by atoms with van der Waals surface area (Å²) in [5, 5.41) is 15.3. The average Bonchev–Trinajstić information content (AvgIpc) is 3.12. The van der Waals surface area contributed by atoms with Crippen molar-refractivity contribution in [1.29, 1.82) is 0 Å². The Bertz CT molecular complexity index is 617. The molecule has 1 saturated heterocycles. The molecular weight excluding hydrogens is 294 g/mol. The number of hydrogen-bond donors (Lipinski definition) is 3. The number of rotatable bonds is 7. The van der Waals surface area contributed by atoms with Crippen LogP contribution in [-0.2, 0) is 4.74 Å². The summed E-state index contributed by atoms with van der Waals surface area (Å²) in [6.45, 7) is 2.00. The summed E-state index contributed by atoms with van der Waals surface area (Å²) < 4.78 is 5.62. The quantitative estimate of drug-likeness (QED) is 0.713. The summed E-state index contributed by atoms with van der Waals surface area (Å²) in [4.78, 5) is 13.0. The lowest BCUT2D eigenvalue weighted by Crippen LogP contribution is -2.19. The predicted molar refractivity (Wildman–Crippen MR) is 88.3 cm³/mol. The smallest absolute Gasteiger partial charge is 0.225 e. The maximum Gasteiger partial charge on any atom is 0.225 e. The highest BCUT2D eigenvalue weighted by atomic mass is 16.5. The number of hydrogen-bond acceptors (Lipinski definition) is 7. The van der Waals surface area contributed by atoms with Crippen molar-refractivity contribution in [2.75, 3.05) is 36.9 Å². The Morgan fingerprint density at radius 2 is 2.09 bits per heavy atom. The molecule has 1 atom stereocenters. The Labute approximate surface area is 135 Å². The van der Waals surface area contributed by atoms with Gasteiger partial charge in [0.2, 0.25) is 5.95 Å². The summed E-state index contributed by atoms with van der Waals surface area (Å²) in [6.07, 6.45) is 5.89. The van der Waals surface area contributed by atoms with Gasteiger partial charge in [-0.05, 0) is 25.0 Å². The van der Waals surface area contributed by atoms with Gasteiger partial charge >= 0.3 is 0 Å². The highest BCUT2D eigenvalue weighted by Gasteiger charge is 2.15. The van der Waals surface area contributed by atoms with Crippen LogP contribution in [0.3, 0.4) is 0 Å². The monoisotopic (exact) mass is 315 g/mol. The Hall–Kier alpha value is -2.25. The molecule has 0 aliphatic carbocycles. The molecule has 3 heterocycles. The molecular formula is C16H21N5O2. The van der Waals surface area contributed by atoms with Crippen LogP contribution in [0, 0.1) is 0 Å². The van der Waals surface area contributed by atoms with E-state index in [4.69, 9.17) is 9.84 Å². The Morgan fingerprint density at radius 1 is 1.22 bits per heavy atom. The van der Waals surface area contributed by atoms with Gasteiger partial charge in [0.25, 0.3) is 0 Å². The summed E-state index contributed by atoms with van der Waals surface area (Å²) in [6, 6.07) is 5.72. The van der Waals surface area contributed by atoms with Gasteiger partial charge < -0.3 is 20.5 Å². The van der Waals surface area contributed by atoms with Crippen LogP contribution in [0.1, 0.15) is 12.8 Å². The van der Waals surface area contributed by atoms with Crippen LogP contribution in [0.25, 0.3) is 11.3 Å². The highest BCUT2D eigenvalue weighted by Crippen LogP contribution is 2.21. The third-order valence-electron chi connectivity index (χ3n) is 3.63. The molecule has 23 heavy (non-hydrogen) atoms. The Kier molecular flexibility index (Phi) is 5.33. The molecule has 0 saturated carbocycles. The zero-order chi connectivity index (χ0) is 15.9. The number of aliphatic hydroxyl groups is 1. The van der Waals surface area contributed by atoms with Crippen molar-refractivity contribution in [3.63, 3.8) is 0 Å². The van der Waals surface area contributed by atoms with E-state index in [1.54, 1.807) is 12.4 Å². The summed E-state index contributed by atoms with van der Waals surface area (Å²) in [5.41, 5.74) is 1.77. The number of nitrogens with one attached hydrogen (secondary N) is 2. The van der Waals surface area contributed by atoms with E-state index in [2.05, 4.69) is 25.6 Å². The maximum atomic E-state index is 8.97. The summed E-state index contributed by atoms with van der Waals surface area (Å²) in [7, 11) is 0. The van der Waals surface area contributed by atoms with Crippen molar-refractivity contribution < 1.29 is 9.84 Å². The van der Waals surface area contributed by atoms with Crippen molar-refractivity contribution in [1.82, 2.24) is 15.0 Å². The Morgan fingerprint density at radius 3 is 2.83 bits per heavy atom. The minimum atomic E-state index is 0.0293. The van der Waals surface area contributed by atoms with Crippen molar-refractivity contribution in [2.45, 2.75) is 18.9 Å². The Balaban J connectivity index is 1.79. The molecule has 0 spiro atoms. The largest absolute Gasteiger partial charge is 0.395 e. The number of aliphatic hydroxyl groups excluding tert-OH is 1. The van der Waals surface area contributed by atoms with Crippen molar-refractivity contribution in [2.24, 2.45) is 0 Å². The van der Waals surface area contributed by atoms with Crippen molar-refractivity contribution in [3.8, 4) is 11.3 Å². The molecule has 0 unspecified atom stereocenters. The fourth-order valence-electron chi connectivity index (χ4n) is 2.48. The lowest BCUT2D eigenvalue weighted by atomic mass is 10.2. The normalized spacial score (nSPS) is 17.2. The van der Waals surface area contributed by atoms with E-state index in [-0.39, 0.29) is 12.7 Å². The SMILES string of the molecule is OCCNc1nc(NC[C@H]2CCCO2)cc(-c2ccncc2)n1. The van der Waals surface area contributed by atoms with Crippen molar-refractivity contribution >= 4 is 11.8 Å². The predicted octanol–water partition coefficient (Wildman–Crippen LogP) is 1.53. The first-order valence-corrected chi connectivity index (χ1v) is 7.85. The molecule has 1 aliphatic heterocycles. The molecule has 2 aromatic heterocycles. The van der Waals surface area contributed by atoms with E-state index in [1.807, 2.05) is 18.2 Å². The second-order valence-electron chi connectivity index (χ2n) is 5.36. The molecule has 0 amide bonds. The van der Waals surface area contributed by atoms with Gasteiger partial charge in [0, 0.05) is 43.7 Å². The zero-order valence-corrected chi connectivity index (χ0v) is 12.9. The summed E-state index contributed by atoms with van der Waals surface area (Å²) >= 11 is 0. The zero-order valence-electron chi connectivity index (χ0n) is 12.9. The minimum absolute atomic E-state index is 0.0293. The average molecular weight is 315 g/mol. The van der Waals surface area contributed by atoms with Gasteiger partial charge in [0.15, 0.2) is 0 Å². The van der Waals surface area contributed by atoms with Crippen LogP contribution in [0.4, 0.5) is 11.8 Å². The fourth-order valence-corrected chi connectivity index (χ4v) is 2.48. The van der Waals surface area contributed by atoms with Gasteiger partial charge in [0.05, 0.1) is 18.4 Å². The molecule has 7 nitrogen and oxygen atoms in total. The lowest BCUT2D eigenvalue weighted by molar-refractivity contribution is 0.120. The standard InChI is InChI=1S/C16H21N5O2/c22-8-7-18-16-20-14(12-3-5-17-6-4-12)10-15(21-16)19-11-13-2-1-9-23-13/h3-6,10,13,22H,1-2,7-9,11H2,(H2,18,19,20,21)/t13-/m1/s1. The first kappa shape index (κ1) is 15.6. The second-order valence-corrected chi connectivity index (χ2v) is 5.36. The van der Waals surface area contributed by atoms with Gasteiger partial charge in [-0.25, -0.2) is 4.98 Å². The number of ether oxygens (including phenoxy) is 1. The molecule has 122 valence electrons. The molecule has 0 bridgehead atoms. The number of pyridine rings is 1. The third-order valence-corrected chi connectivity index (χ3v) is 3.63. The van der Waals surface area contributed by atoms with E-state index < -0.39 is 0 Å². The van der Waals surface area contributed by atoms with E-state index in [0.29, 0.717) is 12.5 Å². The number of nitrogens with zero attached hydrogens (tertiary/aromatic N) is 3. The van der Waals surface area contributed by atoms with Gasteiger partial charge in [0.1, 0.15) is 5.82 Å². The van der Waals surface area contributed by atoms with E-state index in [0.717, 1.165) is 43.1 Å². The van der Waals surface area contributed by atoms with Crippen LogP contribution in [0.5, 0.6) is 0 Å².